The van der Waals surface area contributed by atoms with Crippen molar-refractivity contribution in [1.29, 1.82) is 0 Å². The van der Waals surface area contributed by atoms with Crippen LogP contribution in [-0.2, 0) is 9.53 Å². The first kappa shape index (κ1) is 24.2. The van der Waals surface area contributed by atoms with Crippen LogP contribution in [0.4, 0.5) is 5.69 Å². The Morgan fingerprint density at radius 1 is 1.15 bits per heavy atom. The van der Waals surface area contributed by atoms with E-state index in [1.165, 1.54) is 6.08 Å². The van der Waals surface area contributed by atoms with Crippen molar-refractivity contribution in [2.24, 2.45) is 0 Å². The third-order valence-corrected chi connectivity index (χ3v) is 5.21. The highest BCUT2D eigenvalue weighted by molar-refractivity contribution is 7.80. The predicted molar refractivity (Wildman–Crippen MR) is 131 cm³/mol. The van der Waals surface area contributed by atoms with Crippen LogP contribution in [0.5, 0.6) is 11.5 Å². The molecular weight excluding hydrogens is 442 g/mol. The molecule has 2 aromatic carbocycles. The van der Waals surface area contributed by atoms with Gasteiger partial charge in [-0.25, -0.2) is 0 Å². The molecule has 0 bridgehead atoms. The van der Waals surface area contributed by atoms with E-state index in [1.807, 2.05) is 0 Å². The summed E-state index contributed by atoms with van der Waals surface area (Å²) in [5, 5.41) is 8.46. The number of thiocarbonyl (C=S) groups is 1. The van der Waals surface area contributed by atoms with Gasteiger partial charge in [0.25, 0.3) is 5.91 Å². The second-order valence-corrected chi connectivity index (χ2v) is 7.69. The quantitative estimate of drug-likeness (QED) is 0.404. The summed E-state index contributed by atoms with van der Waals surface area (Å²) in [6.07, 6.45) is 4.98. The minimum atomic E-state index is -0.414. The van der Waals surface area contributed by atoms with E-state index in [0.717, 1.165) is 25.0 Å². The van der Waals surface area contributed by atoms with Crippen LogP contribution in [0, 0.1) is 0 Å². The summed E-state index contributed by atoms with van der Waals surface area (Å²) < 4.78 is 16.0. The van der Waals surface area contributed by atoms with E-state index >= 15 is 0 Å². The lowest BCUT2D eigenvalue weighted by Gasteiger charge is -2.14. The molecule has 8 nitrogen and oxygen atoms in total. The van der Waals surface area contributed by atoms with Gasteiger partial charge in [0.05, 0.1) is 31.6 Å². The van der Waals surface area contributed by atoms with Crippen LogP contribution >= 0.6 is 12.2 Å². The first-order chi connectivity index (χ1) is 16.0. The highest BCUT2D eigenvalue weighted by Gasteiger charge is 2.18. The zero-order chi connectivity index (χ0) is 23.6. The molecule has 0 aromatic heterocycles. The maximum Gasteiger partial charge on any atom is 0.253 e. The molecule has 0 saturated carbocycles. The molecule has 0 spiro atoms. The maximum atomic E-state index is 12.6. The molecule has 9 heteroatoms. The molecule has 1 saturated heterocycles. The van der Waals surface area contributed by atoms with Gasteiger partial charge in [0.1, 0.15) is 0 Å². The van der Waals surface area contributed by atoms with Crippen LogP contribution in [-0.4, -0.2) is 50.4 Å². The van der Waals surface area contributed by atoms with Crippen LogP contribution < -0.4 is 25.4 Å². The summed E-state index contributed by atoms with van der Waals surface area (Å²) in [5.74, 6) is 0.508. The van der Waals surface area contributed by atoms with Crippen molar-refractivity contribution >= 4 is 40.9 Å². The van der Waals surface area contributed by atoms with Crippen LogP contribution in [0.25, 0.3) is 6.08 Å². The zero-order valence-electron chi connectivity index (χ0n) is 18.6. The van der Waals surface area contributed by atoms with E-state index in [2.05, 4.69) is 16.0 Å². The molecule has 1 aliphatic heterocycles. The van der Waals surface area contributed by atoms with E-state index in [4.69, 9.17) is 26.4 Å². The van der Waals surface area contributed by atoms with Crippen molar-refractivity contribution in [3.8, 4) is 11.5 Å². The molecule has 33 heavy (non-hydrogen) atoms. The standard InChI is InChI=1S/C24H27N3O5S/c1-30-20-11-9-16(14-21(20)31-2)10-12-22(28)27-24(33)26-19-8-4-3-7-18(19)23(29)25-15-17-6-5-13-32-17/h3-4,7-12,14,17H,5-6,13,15H2,1-2H3,(H,25,29)(H2,26,27,28,33)/b12-10+. The molecule has 0 radical (unpaired) electrons. The molecule has 174 valence electrons. The second-order valence-electron chi connectivity index (χ2n) is 7.28. The van der Waals surface area contributed by atoms with E-state index in [0.29, 0.717) is 29.3 Å². The van der Waals surface area contributed by atoms with Gasteiger partial charge < -0.3 is 24.8 Å². The van der Waals surface area contributed by atoms with Crippen LogP contribution in [0.1, 0.15) is 28.8 Å². The molecule has 3 N–H and O–H groups in total. The summed E-state index contributed by atoms with van der Waals surface area (Å²) in [6, 6.07) is 12.3. The second kappa shape index (κ2) is 12.0. The summed E-state index contributed by atoms with van der Waals surface area (Å²) in [7, 11) is 3.10. The lowest BCUT2D eigenvalue weighted by Crippen LogP contribution is -2.35. The van der Waals surface area contributed by atoms with Crippen molar-refractivity contribution in [2.75, 3.05) is 32.7 Å². The molecule has 1 atom stereocenters. The number of amides is 2. The number of anilines is 1. The maximum absolute atomic E-state index is 12.6. The number of hydrogen-bond donors (Lipinski definition) is 3. The number of carbonyl (C=O) groups excluding carboxylic acids is 2. The van der Waals surface area contributed by atoms with Crippen LogP contribution in [0.3, 0.4) is 0 Å². The van der Waals surface area contributed by atoms with Gasteiger partial charge in [0.2, 0.25) is 5.91 Å². The Balaban J connectivity index is 1.56. The van der Waals surface area contributed by atoms with E-state index in [1.54, 1.807) is 62.8 Å². The van der Waals surface area contributed by atoms with Crippen molar-refractivity contribution in [2.45, 2.75) is 18.9 Å². The van der Waals surface area contributed by atoms with Crippen molar-refractivity contribution in [3.63, 3.8) is 0 Å². The van der Waals surface area contributed by atoms with Crippen molar-refractivity contribution < 1.29 is 23.8 Å². The Kier molecular flexibility index (Phi) is 8.79. The molecule has 3 rings (SSSR count). The number of hydrogen-bond acceptors (Lipinski definition) is 6. The smallest absolute Gasteiger partial charge is 0.253 e. The van der Waals surface area contributed by atoms with Gasteiger partial charge in [-0.05, 0) is 61.0 Å². The van der Waals surface area contributed by atoms with E-state index in [9.17, 15) is 9.59 Å². The van der Waals surface area contributed by atoms with Gasteiger partial charge in [-0.1, -0.05) is 18.2 Å². The number of ether oxygens (including phenoxy) is 3. The fourth-order valence-electron chi connectivity index (χ4n) is 3.33. The molecule has 1 unspecified atom stereocenters. The summed E-state index contributed by atoms with van der Waals surface area (Å²) in [6.45, 7) is 1.18. The third-order valence-electron chi connectivity index (χ3n) is 5.01. The molecule has 0 aliphatic carbocycles. The summed E-state index contributed by atoms with van der Waals surface area (Å²) in [5.41, 5.74) is 1.68. The highest BCUT2D eigenvalue weighted by atomic mass is 32.1. The first-order valence-electron chi connectivity index (χ1n) is 10.5. The number of carbonyl (C=O) groups is 2. The molecule has 1 aliphatic rings. The van der Waals surface area contributed by atoms with Gasteiger partial charge in [0, 0.05) is 19.2 Å². The van der Waals surface area contributed by atoms with Gasteiger partial charge in [-0.15, -0.1) is 0 Å². The highest BCUT2D eigenvalue weighted by Crippen LogP contribution is 2.27. The first-order valence-corrected chi connectivity index (χ1v) is 10.9. The number of methoxy groups -OCH3 is 2. The van der Waals surface area contributed by atoms with Crippen molar-refractivity contribution in [3.05, 3.63) is 59.7 Å². The molecule has 1 fully saturated rings. The average molecular weight is 470 g/mol. The molecule has 2 aromatic rings. The van der Waals surface area contributed by atoms with Gasteiger partial charge in [-0.2, -0.15) is 0 Å². The zero-order valence-corrected chi connectivity index (χ0v) is 19.4. The molecular formula is C24H27N3O5S. The number of nitrogens with one attached hydrogen (secondary N) is 3. The monoisotopic (exact) mass is 469 g/mol. The SMILES string of the molecule is COc1ccc(/C=C/C(=O)NC(=S)Nc2ccccc2C(=O)NCC2CCCO2)cc1OC. The fraction of sp³-hybridized carbons (Fsp3) is 0.292. The molecule has 1 heterocycles. The predicted octanol–water partition coefficient (Wildman–Crippen LogP) is 3.14. The topological polar surface area (TPSA) is 97.9 Å². The Morgan fingerprint density at radius 2 is 1.94 bits per heavy atom. The lowest BCUT2D eigenvalue weighted by molar-refractivity contribution is -0.115. The number of rotatable bonds is 8. The Bertz CT molecular complexity index is 1030. The van der Waals surface area contributed by atoms with E-state index in [-0.39, 0.29) is 17.1 Å². The normalized spacial score (nSPS) is 15.2. The van der Waals surface area contributed by atoms with Crippen molar-refractivity contribution in [1.82, 2.24) is 10.6 Å². The van der Waals surface area contributed by atoms with Gasteiger partial charge in [-0.3, -0.25) is 14.9 Å². The number of para-hydroxylation sites is 1. The lowest BCUT2D eigenvalue weighted by atomic mass is 10.1. The van der Waals surface area contributed by atoms with E-state index < -0.39 is 5.91 Å². The molecule has 2 amide bonds. The third kappa shape index (κ3) is 7.03. The van der Waals surface area contributed by atoms with Crippen LogP contribution in [0.15, 0.2) is 48.5 Å². The summed E-state index contributed by atoms with van der Waals surface area (Å²) in [4.78, 5) is 24.9. The Labute approximate surface area is 198 Å². The van der Waals surface area contributed by atoms with Gasteiger partial charge in [0.15, 0.2) is 16.6 Å². The van der Waals surface area contributed by atoms with Crippen LogP contribution in [0.2, 0.25) is 0 Å². The largest absolute Gasteiger partial charge is 0.493 e. The van der Waals surface area contributed by atoms with Gasteiger partial charge >= 0.3 is 0 Å². The minimum Gasteiger partial charge on any atom is -0.493 e. The number of benzene rings is 2. The Hall–Kier alpha value is -3.43. The Morgan fingerprint density at radius 3 is 2.67 bits per heavy atom. The average Bonchev–Trinajstić information content (AvgIpc) is 3.35. The minimum absolute atomic E-state index is 0.0480. The fourth-order valence-corrected chi connectivity index (χ4v) is 3.54. The summed E-state index contributed by atoms with van der Waals surface area (Å²) >= 11 is 5.25.